The van der Waals surface area contributed by atoms with Gasteiger partial charge in [0.2, 0.25) is 0 Å². The van der Waals surface area contributed by atoms with Crippen LogP contribution in [-0.4, -0.2) is 21.7 Å². The Morgan fingerprint density at radius 2 is 2.22 bits per heavy atom. The molecule has 0 aliphatic heterocycles. The lowest BCUT2D eigenvalue weighted by molar-refractivity contribution is 0.152. The highest BCUT2D eigenvalue weighted by Crippen LogP contribution is 2.28. The van der Waals surface area contributed by atoms with Gasteiger partial charge in [0.15, 0.2) is 0 Å². The summed E-state index contributed by atoms with van der Waals surface area (Å²) in [5, 5.41) is 9.34. The summed E-state index contributed by atoms with van der Waals surface area (Å²) < 4.78 is 25.6. The molecule has 0 unspecified atom stereocenters. The molecule has 0 fully saturated rings. The molecule has 1 heterocycles. The predicted octanol–water partition coefficient (Wildman–Crippen LogP) is 1.98. The van der Waals surface area contributed by atoms with Crippen molar-refractivity contribution >= 4 is 11.4 Å². The molecule has 1 aromatic heterocycles. The van der Waals surface area contributed by atoms with Gasteiger partial charge < -0.3 is 11.1 Å². The molecule has 0 aliphatic carbocycles. The van der Waals surface area contributed by atoms with Crippen molar-refractivity contribution in [3.05, 3.63) is 35.9 Å². The van der Waals surface area contributed by atoms with Crippen molar-refractivity contribution in [3.8, 4) is 0 Å². The number of rotatable bonds is 5. The standard InChI is InChI=1S/C11H13F2N5/c12-11(13)8-5-7(14)1-2-9(8)15-4-3-10-16-6-17-18-10/h1-2,5-6,11,15H,3-4,14H2,(H,16,17,18). The number of halogens is 2. The zero-order valence-electron chi connectivity index (χ0n) is 9.53. The molecular formula is C11H13F2N5. The van der Waals surface area contributed by atoms with Crippen LogP contribution in [0.15, 0.2) is 24.5 Å². The van der Waals surface area contributed by atoms with Crippen LogP contribution in [0.3, 0.4) is 0 Å². The monoisotopic (exact) mass is 253 g/mol. The summed E-state index contributed by atoms with van der Waals surface area (Å²) in [6.45, 7) is 0.485. The van der Waals surface area contributed by atoms with Gasteiger partial charge in [-0.3, -0.25) is 5.10 Å². The molecule has 96 valence electrons. The van der Waals surface area contributed by atoms with Crippen LogP contribution in [0.2, 0.25) is 0 Å². The molecule has 0 atom stereocenters. The second kappa shape index (κ2) is 5.44. The first-order chi connectivity index (χ1) is 8.66. The van der Waals surface area contributed by atoms with Gasteiger partial charge in [-0.15, -0.1) is 0 Å². The zero-order chi connectivity index (χ0) is 13.0. The Hall–Kier alpha value is -2.18. The van der Waals surface area contributed by atoms with Crippen LogP contribution in [0.5, 0.6) is 0 Å². The van der Waals surface area contributed by atoms with Gasteiger partial charge in [-0.25, -0.2) is 13.8 Å². The minimum absolute atomic E-state index is 0.0902. The molecule has 4 N–H and O–H groups in total. The molecule has 2 aromatic rings. The number of nitrogen functional groups attached to an aromatic ring is 1. The number of aromatic nitrogens is 3. The Morgan fingerprint density at radius 1 is 1.39 bits per heavy atom. The number of hydrogen-bond donors (Lipinski definition) is 3. The third-order valence-corrected chi connectivity index (χ3v) is 2.45. The summed E-state index contributed by atoms with van der Waals surface area (Å²) in [5.41, 5.74) is 6.11. The number of nitrogens with one attached hydrogen (secondary N) is 2. The normalized spacial score (nSPS) is 10.8. The van der Waals surface area contributed by atoms with Gasteiger partial charge in [-0.1, -0.05) is 0 Å². The number of hydrogen-bond acceptors (Lipinski definition) is 4. The van der Waals surface area contributed by atoms with E-state index in [4.69, 9.17) is 5.73 Å². The summed E-state index contributed by atoms with van der Waals surface area (Å²) >= 11 is 0. The fraction of sp³-hybridized carbons (Fsp3) is 0.273. The smallest absolute Gasteiger partial charge is 0.265 e. The van der Waals surface area contributed by atoms with Crippen LogP contribution < -0.4 is 11.1 Å². The largest absolute Gasteiger partial charge is 0.399 e. The molecule has 0 amide bonds. The summed E-state index contributed by atoms with van der Waals surface area (Å²) in [4.78, 5) is 3.94. The third kappa shape index (κ3) is 2.93. The van der Waals surface area contributed by atoms with E-state index in [2.05, 4.69) is 20.5 Å². The highest BCUT2D eigenvalue weighted by molar-refractivity contribution is 5.58. The van der Waals surface area contributed by atoms with Crippen LogP contribution in [0.1, 0.15) is 17.8 Å². The lowest BCUT2D eigenvalue weighted by Gasteiger charge is -2.11. The van der Waals surface area contributed by atoms with Crippen molar-refractivity contribution in [2.24, 2.45) is 0 Å². The Kier molecular flexibility index (Phi) is 3.71. The molecule has 0 saturated carbocycles. The molecule has 2 rings (SSSR count). The third-order valence-electron chi connectivity index (χ3n) is 2.45. The zero-order valence-corrected chi connectivity index (χ0v) is 9.53. The van der Waals surface area contributed by atoms with E-state index >= 15 is 0 Å². The SMILES string of the molecule is Nc1ccc(NCCc2ncn[nH]2)c(C(F)F)c1. The van der Waals surface area contributed by atoms with Crippen molar-refractivity contribution in [1.82, 2.24) is 15.2 Å². The topological polar surface area (TPSA) is 79.6 Å². The van der Waals surface area contributed by atoms with E-state index in [9.17, 15) is 8.78 Å². The van der Waals surface area contributed by atoms with Crippen LogP contribution in [0.25, 0.3) is 0 Å². The van der Waals surface area contributed by atoms with E-state index in [1.165, 1.54) is 12.4 Å². The number of alkyl halides is 2. The average molecular weight is 253 g/mol. The molecular weight excluding hydrogens is 240 g/mol. The predicted molar refractivity (Wildman–Crippen MR) is 64.4 cm³/mol. The summed E-state index contributed by atoms with van der Waals surface area (Å²) in [6.07, 6.45) is -0.572. The Bertz CT molecular complexity index is 498. The lowest BCUT2D eigenvalue weighted by Crippen LogP contribution is -2.08. The molecule has 1 aromatic carbocycles. The summed E-state index contributed by atoms with van der Waals surface area (Å²) in [5.74, 6) is 0.705. The molecule has 5 nitrogen and oxygen atoms in total. The quantitative estimate of drug-likeness (QED) is 0.712. The van der Waals surface area contributed by atoms with Gasteiger partial charge in [-0.05, 0) is 18.2 Å². The summed E-state index contributed by atoms with van der Waals surface area (Å²) in [6, 6.07) is 4.42. The van der Waals surface area contributed by atoms with Gasteiger partial charge in [0.25, 0.3) is 6.43 Å². The maximum atomic E-state index is 12.8. The maximum absolute atomic E-state index is 12.8. The molecule has 0 aliphatic rings. The molecule has 0 radical (unpaired) electrons. The van der Waals surface area contributed by atoms with Crippen LogP contribution >= 0.6 is 0 Å². The van der Waals surface area contributed by atoms with Crippen LogP contribution in [0.4, 0.5) is 20.2 Å². The molecule has 0 saturated heterocycles. The Balaban J connectivity index is 2.00. The van der Waals surface area contributed by atoms with Gasteiger partial charge in [0.1, 0.15) is 12.2 Å². The van der Waals surface area contributed by atoms with Crippen molar-refractivity contribution < 1.29 is 8.78 Å². The molecule has 18 heavy (non-hydrogen) atoms. The molecule has 0 spiro atoms. The van der Waals surface area contributed by atoms with Gasteiger partial charge >= 0.3 is 0 Å². The van der Waals surface area contributed by atoms with Crippen molar-refractivity contribution in [2.75, 3.05) is 17.6 Å². The van der Waals surface area contributed by atoms with E-state index in [0.717, 1.165) is 0 Å². The Labute approximate surface area is 102 Å². The first kappa shape index (κ1) is 12.3. The number of nitrogens with two attached hydrogens (primary N) is 1. The molecule has 0 bridgehead atoms. The lowest BCUT2D eigenvalue weighted by atomic mass is 10.1. The maximum Gasteiger partial charge on any atom is 0.265 e. The minimum atomic E-state index is -2.55. The van der Waals surface area contributed by atoms with E-state index in [0.29, 0.717) is 30.2 Å². The number of nitrogens with zero attached hydrogens (tertiary/aromatic N) is 2. The van der Waals surface area contributed by atoms with Crippen molar-refractivity contribution in [3.63, 3.8) is 0 Å². The number of H-pyrrole nitrogens is 1. The second-order valence-corrected chi connectivity index (χ2v) is 3.76. The van der Waals surface area contributed by atoms with E-state index in [1.54, 1.807) is 12.1 Å². The molecule has 7 heteroatoms. The van der Waals surface area contributed by atoms with Crippen LogP contribution in [0, 0.1) is 0 Å². The van der Waals surface area contributed by atoms with E-state index < -0.39 is 6.43 Å². The van der Waals surface area contributed by atoms with Gasteiger partial charge in [0.05, 0.1) is 0 Å². The number of benzene rings is 1. The minimum Gasteiger partial charge on any atom is -0.399 e. The Morgan fingerprint density at radius 3 is 2.89 bits per heavy atom. The van der Waals surface area contributed by atoms with Crippen molar-refractivity contribution in [1.29, 1.82) is 0 Å². The van der Waals surface area contributed by atoms with Gasteiger partial charge in [0, 0.05) is 29.9 Å². The number of aromatic amines is 1. The van der Waals surface area contributed by atoms with E-state index in [-0.39, 0.29) is 5.56 Å². The second-order valence-electron chi connectivity index (χ2n) is 3.76. The first-order valence-corrected chi connectivity index (χ1v) is 5.42. The average Bonchev–Trinajstić information content (AvgIpc) is 2.84. The van der Waals surface area contributed by atoms with Crippen molar-refractivity contribution in [2.45, 2.75) is 12.8 Å². The van der Waals surface area contributed by atoms with Gasteiger partial charge in [-0.2, -0.15) is 5.10 Å². The fourth-order valence-corrected chi connectivity index (χ4v) is 1.59. The first-order valence-electron chi connectivity index (χ1n) is 5.42. The number of anilines is 2. The van der Waals surface area contributed by atoms with Crippen LogP contribution in [-0.2, 0) is 6.42 Å². The highest BCUT2D eigenvalue weighted by atomic mass is 19.3. The highest BCUT2D eigenvalue weighted by Gasteiger charge is 2.13. The summed E-state index contributed by atoms with van der Waals surface area (Å²) in [7, 11) is 0. The van der Waals surface area contributed by atoms with E-state index in [1.807, 2.05) is 0 Å². The fourth-order valence-electron chi connectivity index (χ4n) is 1.59.